The largest absolute Gasteiger partial charge is 0.349 e. The first kappa shape index (κ1) is 17.0. The summed E-state index contributed by atoms with van der Waals surface area (Å²) in [5.41, 5.74) is 6.68. The lowest BCUT2D eigenvalue weighted by Crippen LogP contribution is -2.51. The van der Waals surface area contributed by atoms with Crippen LogP contribution in [0.1, 0.15) is 43.5 Å². The van der Waals surface area contributed by atoms with Crippen LogP contribution in [0.4, 0.5) is 0 Å². The number of carbonyl (C=O) groups is 2. The lowest BCUT2D eigenvalue weighted by Gasteiger charge is -2.34. The second kappa shape index (κ2) is 7.74. The molecule has 1 aromatic rings. The second-order valence-corrected chi connectivity index (χ2v) is 7.10. The Morgan fingerprint density at radius 1 is 1.41 bits per heavy atom. The van der Waals surface area contributed by atoms with E-state index < -0.39 is 6.04 Å². The summed E-state index contributed by atoms with van der Waals surface area (Å²) in [6, 6.07) is 1.55. The van der Waals surface area contributed by atoms with Gasteiger partial charge in [-0.25, -0.2) is 0 Å². The molecule has 0 spiro atoms. The summed E-state index contributed by atoms with van der Waals surface area (Å²) in [5.74, 6) is 0.431. The van der Waals surface area contributed by atoms with E-state index in [1.165, 1.54) is 11.3 Å². The van der Waals surface area contributed by atoms with Crippen molar-refractivity contribution in [3.05, 3.63) is 22.4 Å². The number of nitrogens with two attached hydrogens (primary N) is 1. The summed E-state index contributed by atoms with van der Waals surface area (Å²) < 4.78 is 0. The van der Waals surface area contributed by atoms with Crippen LogP contribution in [0.5, 0.6) is 0 Å². The highest BCUT2D eigenvalue weighted by atomic mass is 32.1. The molecule has 0 saturated carbocycles. The van der Waals surface area contributed by atoms with Crippen LogP contribution < -0.4 is 11.1 Å². The van der Waals surface area contributed by atoms with Gasteiger partial charge in [-0.1, -0.05) is 13.8 Å². The quantitative estimate of drug-likeness (QED) is 0.868. The van der Waals surface area contributed by atoms with Crippen molar-refractivity contribution in [2.45, 2.75) is 45.2 Å². The molecule has 0 unspecified atom stereocenters. The SMILES string of the molecule is CC(C)C[C@H](N)C(=O)N1CCC(NC(=O)c2ccsc2)CC1. The van der Waals surface area contributed by atoms with Gasteiger partial charge < -0.3 is 16.0 Å². The average molecular weight is 323 g/mol. The molecule has 6 heteroatoms. The molecule has 1 aliphatic rings. The third-order valence-corrected chi connectivity index (χ3v) is 4.65. The van der Waals surface area contributed by atoms with Gasteiger partial charge in [0.15, 0.2) is 0 Å². The fraction of sp³-hybridized carbons (Fsp3) is 0.625. The molecule has 0 aliphatic carbocycles. The van der Waals surface area contributed by atoms with E-state index in [2.05, 4.69) is 19.2 Å². The molecule has 1 aliphatic heterocycles. The van der Waals surface area contributed by atoms with E-state index >= 15 is 0 Å². The normalized spacial score (nSPS) is 17.5. The monoisotopic (exact) mass is 323 g/mol. The van der Waals surface area contributed by atoms with Crippen LogP contribution in [0.15, 0.2) is 16.8 Å². The molecular weight excluding hydrogens is 298 g/mol. The minimum atomic E-state index is -0.406. The number of amides is 2. The average Bonchev–Trinajstić information content (AvgIpc) is 3.01. The van der Waals surface area contributed by atoms with Crippen LogP contribution in [0, 0.1) is 5.92 Å². The summed E-state index contributed by atoms with van der Waals surface area (Å²) in [7, 11) is 0. The van der Waals surface area contributed by atoms with E-state index in [1.54, 1.807) is 0 Å². The molecule has 1 saturated heterocycles. The number of thiophene rings is 1. The van der Waals surface area contributed by atoms with E-state index in [1.807, 2.05) is 21.7 Å². The molecule has 2 amide bonds. The fourth-order valence-corrected chi connectivity index (χ4v) is 3.39. The third-order valence-electron chi connectivity index (χ3n) is 3.97. The molecule has 5 nitrogen and oxygen atoms in total. The number of hydrogen-bond donors (Lipinski definition) is 2. The van der Waals surface area contributed by atoms with E-state index in [0.717, 1.165) is 12.8 Å². The van der Waals surface area contributed by atoms with Crippen molar-refractivity contribution in [1.82, 2.24) is 10.2 Å². The van der Waals surface area contributed by atoms with Crippen molar-refractivity contribution in [3.8, 4) is 0 Å². The van der Waals surface area contributed by atoms with Gasteiger partial charge in [0.1, 0.15) is 0 Å². The highest BCUT2D eigenvalue weighted by molar-refractivity contribution is 7.08. The van der Waals surface area contributed by atoms with Crippen LogP contribution in [-0.4, -0.2) is 41.9 Å². The Hall–Kier alpha value is -1.40. The van der Waals surface area contributed by atoms with E-state index in [-0.39, 0.29) is 17.9 Å². The van der Waals surface area contributed by atoms with Gasteiger partial charge in [0.05, 0.1) is 6.04 Å². The molecule has 1 fully saturated rings. The summed E-state index contributed by atoms with van der Waals surface area (Å²) in [4.78, 5) is 26.1. The van der Waals surface area contributed by atoms with Crippen molar-refractivity contribution in [2.24, 2.45) is 11.7 Å². The first-order valence-electron chi connectivity index (χ1n) is 7.84. The number of nitrogens with one attached hydrogen (secondary N) is 1. The smallest absolute Gasteiger partial charge is 0.252 e. The zero-order valence-electron chi connectivity index (χ0n) is 13.2. The van der Waals surface area contributed by atoms with Crippen LogP contribution in [-0.2, 0) is 4.79 Å². The van der Waals surface area contributed by atoms with Gasteiger partial charge in [0.25, 0.3) is 5.91 Å². The Morgan fingerprint density at radius 2 is 2.09 bits per heavy atom. The van der Waals surface area contributed by atoms with Crippen LogP contribution in [0.25, 0.3) is 0 Å². The lowest BCUT2D eigenvalue weighted by atomic mass is 10.0. The maximum atomic E-state index is 12.3. The highest BCUT2D eigenvalue weighted by Crippen LogP contribution is 2.15. The molecule has 0 radical (unpaired) electrons. The Kier molecular flexibility index (Phi) is 5.97. The molecule has 2 heterocycles. The van der Waals surface area contributed by atoms with Gasteiger partial charge in [-0.15, -0.1) is 0 Å². The number of piperidine rings is 1. The summed E-state index contributed by atoms with van der Waals surface area (Å²) in [5, 5.41) is 6.78. The van der Waals surface area contributed by atoms with Gasteiger partial charge >= 0.3 is 0 Å². The van der Waals surface area contributed by atoms with Crippen molar-refractivity contribution in [1.29, 1.82) is 0 Å². The molecule has 2 rings (SSSR count). The maximum Gasteiger partial charge on any atom is 0.252 e. The summed E-state index contributed by atoms with van der Waals surface area (Å²) in [6.07, 6.45) is 2.29. The van der Waals surface area contributed by atoms with Gasteiger partial charge in [-0.2, -0.15) is 11.3 Å². The molecule has 0 bridgehead atoms. The van der Waals surface area contributed by atoms with Crippen LogP contribution in [0.2, 0.25) is 0 Å². The number of rotatable bonds is 5. The molecule has 1 aromatic heterocycles. The minimum absolute atomic E-state index is 0.0254. The van der Waals surface area contributed by atoms with E-state index in [9.17, 15) is 9.59 Å². The highest BCUT2D eigenvalue weighted by Gasteiger charge is 2.27. The van der Waals surface area contributed by atoms with Gasteiger partial charge in [0.2, 0.25) is 5.91 Å². The van der Waals surface area contributed by atoms with E-state index in [4.69, 9.17) is 5.73 Å². The van der Waals surface area contributed by atoms with Crippen molar-refractivity contribution < 1.29 is 9.59 Å². The molecule has 0 aromatic carbocycles. The number of carbonyl (C=O) groups excluding carboxylic acids is 2. The standard InChI is InChI=1S/C16H25N3O2S/c1-11(2)9-14(17)16(21)19-6-3-13(4-7-19)18-15(20)12-5-8-22-10-12/h5,8,10-11,13-14H,3-4,6-7,9,17H2,1-2H3,(H,18,20)/t14-/m0/s1. The molecule has 3 N–H and O–H groups in total. The predicted molar refractivity (Wildman–Crippen MR) is 88.8 cm³/mol. The Bertz CT molecular complexity index is 493. The fourth-order valence-electron chi connectivity index (χ4n) is 2.75. The number of nitrogens with zero attached hydrogens (tertiary/aromatic N) is 1. The number of likely N-dealkylation sites (tertiary alicyclic amines) is 1. The second-order valence-electron chi connectivity index (χ2n) is 6.32. The zero-order valence-corrected chi connectivity index (χ0v) is 14.1. The lowest BCUT2D eigenvalue weighted by molar-refractivity contribution is -0.134. The Labute approximate surface area is 135 Å². The Morgan fingerprint density at radius 3 is 2.64 bits per heavy atom. The Balaban J connectivity index is 1.78. The molecule has 1 atom stereocenters. The summed E-state index contributed by atoms with van der Waals surface area (Å²) in [6.45, 7) is 5.47. The van der Waals surface area contributed by atoms with Gasteiger partial charge in [-0.3, -0.25) is 9.59 Å². The maximum absolute atomic E-state index is 12.3. The number of hydrogen-bond acceptors (Lipinski definition) is 4. The van der Waals surface area contributed by atoms with Gasteiger partial charge in [-0.05, 0) is 36.6 Å². The first-order chi connectivity index (χ1) is 10.5. The van der Waals surface area contributed by atoms with Crippen LogP contribution >= 0.6 is 11.3 Å². The third kappa shape index (κ3) is 4.55. The zero-order chi connectivity index (χ0) is 16.1. The summed E-state index contributed by atoms with van der Waals surface area (Å²) >= 11 is 1.51. The van der Waals surface area contributed by atoms with Crippen molar-refractivity contribution >= 4 is 23.2 Å². The predicted octanol–water partition coefficient (Wildman–Crippen LogP) is 1.84. The molecule has 22 heavy (non-hydrogen) atoms. The van der Waals surface area contributed by atoms with Gasteiger partial charge in [0, 0.05) is 30.1 Å². The van der Waals surface area contributed by atoms with Crippen molar-refractivity contribution in [3.63, 3.8) is 0 Å². The molecular formula is C16H25N3O2S. The van der Waals surface area contributed by atoms with Crippen LogP contribution in [0.3, 0.4) is 0 Å². The van der Waals surface area contributed by atoms with Crippen molar-refractivity contribution in [2.75, 3.05) is 13.1 Å². The molecule has 122 valence electrons. The van der Waals surface area contributed by atoms with E-state index in [0.29, 0.717) is 31.0 Å². The topological polar surface area (TPSA) is 75.4 Å². The minimum Gasteiger partial charge on any atom is -0.349 e. The first-order valence-corrected chi connectivity index (χ1v) is 8.79.